The smallest absolute Gasteiger partial charge is 0.320 e. The number of piperidine rings is 1. The Kier molecular flexibility index (Phi) is 9.09. The fourth-order valence-electron chi connectivity index (χ4n) is 4.59. The van der Waals surface area contributed by atoms with Crippen LogP contribution in [0.1, 0.15) is 70.8 Å². The molecule has 2 aliphatic rings. The summed E-state index contributed by atoms with van der Waals surface area (Å²) >= 11 is 0. The van der Waals surface area contributed by atoms with Gasteiger partial charge < -0.3 is 14.6 Å². The van der Waals surface area contributed by atoms with Crippen molar-refractivity contribution in [2.75, 3.05) is 26.3 Å². The molecular weight excluding hydrogens is 390 g/mol. The summed E-state index contributed by atoms with van der Waals surface area (Å²) in [6.07, 6.45) is 8.69. The zero-order valence-electron chi connectivity index (χ0n) is 17.8. The van der Waals surface area contributed by atoms with Gasteiger partial charge in [0, 0.05) is 11.0 Å². The fourth-order valence-corrected chi connectivity index (χ4v) is 4.59. The first kappa shape index (κ1) is 23.8. The van der Waals surface area contributed by atoms with Crippen molar-refractivity contribution in [2.45, 2.75) is 76.7 Å². The van der Waals surface area contributed by atoms with Crippen LogP contribution >= 0.6 is 12.4 Å². The Hall–Kier alpha value is -1.46. The normalized spacial score (nSPS) is 18.6. The van der Waals surface area contributed by atoms with E-state index in [-0.39, 0.29) is 23.9 Å². The van der Waals surface area contributed by atoms with Gasteiger partial charge in [-0.3, -0.25) is 9.69 Å². The van der Waals surface area contributed by atoms with Crippen LogP contribution < -0.4 is 9.47 Å². The van der Waals surface area contributed by atoms with Gasteiger partial charge in [-0.15, -0.1) is 12.4 Å². The summed E-state index contributed by atoms with van der Waals surface area (Å²) in [4.78, 5) is 13.6. The molecule has 1 unspecified atom stereocenters. The predicted octanol–water partition coefficient (Wildman–Crippen LogP) is 5.05. The number of fused-ring (bicyclic) bond motifs is 2. The lowest BCUT2D eigenvalue weighted by molar-refractivity contribution is -0.144. The molecule has 2 heterocycles. The number of hydrogen-bond donors (Lipinski definition) is 1. The number of unbranched alkanes of at least 4 members (excludes halogenated alkanes) is 4. The highest BCUT2D eigenvalue weighted by Gasteiger charge is 2.44. The van der Waals surface area contributed by atoms with Crippen LogP contribution in [0, 0.1) is 0 Å². The Labute approximate surface area is 181 Å². The van der Waals surface area contributed by atoms with E-state index in [2.05, 4.69) is 17.9 Å². The molecule has 1 saturated heterocycles. The van der Waals surface area contributed by atoms with Crippen LogP contribution in [0.3, 0.4) is 0 Å². The molecule has 1 aromatic rings. The SMILES string of the molecule is CCCCCCCOc1ccc2c(c1)C1(CCN(C(CC)C(=O)O)CC1)CO2.Cl. The van der Waals surface area contributed by atoms with Crippen LogP contribution in [0.2, 0.25) is 0 Å². The predicted molar refractivity (Wildman–Crippen MR) is 118 cm³/mol. The molecule has 3 rings (SSSR count). The van der Waals surface area contributed by atoms with Crippen molar-refractivity contribution in [3.05, 3.63) is 23.8 Å². The monoisotopic (exact) mass is 425 g/mol. The first-order chi connectivity index (χ1) is 13.6. The second-order valence-corrected chi connectivity index (χ2v) is 8.29. The van der Waals surface area contributed by atoms with Crippen LogP contribution in [-0.4, -0.2) is 48.3 Å². The Morgan fingerprint density at radius 3 is 2.59 bits per heavy atom. The molecule has 0 amide bonds. The maximum absolute atomic E-state index is 11.5. The van der Waals surface area contributed by atoms with E-state index in [9.17, 15) is 9.90 Å². The van der Waals surface area contributed by atoms with E-state index in [1.165, 1.54) is 31.2 Å². The average Bonchev–Trinajstić information content (AvgIpc) is 3.04. The number of carbonyl (C=O) groups is 1. The molecule has 1 atom stereocenters. The number of hydrogen-bond acceptors (Lipinski definition) is 4. The second kappa shape index (κ2) is 11.1. The van der Waals surface area contributed by atoms with Gasteiger partial charge in [0.15, 0.2) is 0 Å². The lowest BCUT2D eigenvalue weighted by Gasteiger charge is -2.40. The molecule has 6 heteroatoms. The number of aliphatic carboxylic acids is 1. The van der Waals surface area contributed by atoms with E-state index in [0.29, 0.717) is 13.0 Å². The first-order valence-electron chi connectivity index (χ1n) is 11.0. The number of carboxylic acids is 1. The minimum atomic E-state index is -0.712. The lowest BCUT2D eigenvalue weighted by atomic mass is 9.74. The molecule has 1 fully saturated rings. The van der Waals surface area contributed by atoms with E-state index < -0.39 is 5.97 Å². The molecule has 0 aliphatic carbocycles. The zero-order valence-corrected chi connectivity index (χ0v) is 18.6. The third-order valence-electron chi connectivity index (χ3n) is 6.41. The first-order valence-corrected chi connectivity index (χ1v) is 11.0. The summed E-state index contributed by atoms with van der Waals surface area (Å²) in [6.45, 7) is 7.24. The van der Waals surface area contributed by atoms with E-state index >= 15 is 0 Å². The van der Waals surface area contributed by atoms with Gasteiger partial charge >= 0.3 is 5.97 Å². The van der Waals surface area contributed by atoms with Crippen molar-refractivity contribution in [1.29, 1.82) is 0 Å². The van der Waals surface area contributed by atoms with E-state index in [4.69, 9.17) is 9.47 Å². The Bertz CT molecular complexity index is 658. The van der Waals surface area contributed by atoms with Crippen molar-refractivity contribution >= 4 is 18.4 Å². The van der Waals surface area contributed by atoms with Crippen molar-refractivity contribution < 1.29 is 19.4 Å². The summed E-state index contributed by atoms with van der Waals surface area (Å²) < 4.78 is 12.0. The summed E-state index contributed by atoms with van der Waals surface area (Å²) in [6, 6.07) is 5.84. The van der Waals surface area contributed by atoms with Gasteiger partial charge in [-0.1, -0.05) is 39.5 Å². The van der Waals surface area contributed by atoms with Gasteiger partial charge in [0.2, 0.25) is 0 Å². The van der Waals surface area contributed by atoms with Crippen LogP contribution in [0.25, 0.3) is 0 Å². The molecular formula is C23H36ClNO4. The number of rotatable bonds is 10. The van der Waals surface area contributed by atoms with Crippen molar-refractivity contribution in [2.24, 2.45) is 0 Å². The molecule has 1 aromatic carbocycles. The van der Waals surface area contributed by atoms with Gasteiger partial charge in [0.25, 0.3) is 0 Å². The van der Waals surface area contributed by atoms with Gasteiger partial charge in [-0.25, -0.2) is 0 Å². The Morgan fingerprint density at radius 2 is 1.93 bits per heavy atom. The largest absolute Gasteiger partial charge is 0.494 e. The highest BCUT2D eigenvalue weighted by Crippen LogP contribution is 2.47. The number of benzene rings is 1. The molecule has 0 radical (unpaired) electrons. The van der Waals surface area contributed by atoms with Crippen molar-refractivity contribution in [3.63, 3.8) is 0 Å². The molecule has 0 bridgehead atoms. The number of nitrogens with zero attached hydrogens (tertiary/aromatic N) is 1. The summed E-state index contributed by atoms with van der Waals surface area (Å²) in [5.74, 6) is 1.18. The van der Waals surface area contributed by atoms with Gasteiger partial charge in [-0.2, -0.15) is 0 Å². The molecule has 164 valence electrons. The highest BCUT2D eigenvalue weighted by molar-refractivity contribution is 5.85. The van der Waals surface area contributed by atoms with Gasteiger partial charge in [0.05, 0.1) is 13.2 Å². The Morgan fingerprint density at radius 1 is 1.21 bits per heavy atom. The van der Waals surface area contributed by atoms with Crippen LogP contribution in [0.4, 0.5) is 0 Å². The minimum Gasteiger partial charge on any atom is -0.494 e. The zero-order chi connectivity index (χ0) is 20.0. The minimum absolute atomic E-state index is 0. The van der Waals surface area contributed by atoms with E-state index in [1.807, 2.05) is 19.1 Å². The van der Waals surface area contributed by atoms with E-state index in [0.717, 1.165) is 50.5 Å². The molecule has 1 spiro atoms. The number of ether oxygens (including phenoxy) is 2. The van der Waals surface area contributed by atoms with E-state index in [1.54, 1.807) is 0 Å². The maximum atomic E-state index is 11.5. The van der Waals surface area contributed by atoms with Crippen LogP contribution in [0.15, 0.2) is 18.2 Å². The standard InChI is InChI=1S/C23H35NO4.ClH/c1-3-5-6-7-8-15-27-18-9-10-21-19(16-18)23(17-28-21)11-13-24(14-12-23)20(4-2)22(25)26;/h9-10,16,20H,3-8,11-15,17H2,1-2H3,(H,25,26);1H. The summed E-state index contributed by atoms with van der Waals surface area (Å²) in [5, 5.41) is 9.44. The summed E-state index contributed by atoms with van der Waals surface area (Å²) in [7, 11) is 0. The molecule has 29 heavy (non-hydrogen) atoms. The van der Waals surface area contributed by atoms with Crippen LogP contribution in [-0.2, 0) is 10.2 Å². The van der Waals surface area contributed by atoms with Crippen molar-refractivity contribution in [3.8, 4) is 11.5 Å². The third-order valence-corrected chi connectivity index (χ3v) is 6.41. The molecule has 0 aromatic heterocycles. The fraction of sp³-hybridized carbons (Fsp3) is 0.696. The number of likely N-dealkylation sites (tertiary alicyclic amines) is 1. The topological polar surface area (TPSA) is 59.0 Å². The number of carboxylic acid groups (broad SMARTS) is 1. The average molecular weight is 426 g/mol. The summed E-state index contributed by atoms with van der Waals surface area (Å²) in [5.41, 5.74) is 1.25. The second-order valence-electron chi connectivity index (χ2n) is 8.29. The molecule has 2 aliphatic heterocycles. The maximum Gasteiger partial charge on any atom is 0.320 e. The van der Waals surface area contributed by atoms with Crippen molar-refractivity contribution in [1.82, 2.24) is 4.90 Å². The third kappa shape index (κ3) is 5.58. The van der Waals surface area contributed by atoms with Crippen LogP contribution in [0.5, 0.6) is 11.5 Å². The Balaban J connectivity index is 0.00000300. The number of halogens is 1. The quantitative estimate of drug-likeness (QED) is 0.531. The van der Waals surface area contributed by atoms with Gasteiger partial charge in [0.1, 0.15) is 17.5 Å². The molecule has 0 saturated carbocycles. The molecule has 1 N–H and O–H groups in total. The van der Waals surface area contributed by atoms with Gasteiger partial charge in [-0.05, 0) is 57.0 Å². The lowest BCUT2D eigenvalue weighted by Crippen LogP contribution is -2.50. The highest BCUT2D eigenvalue weighted by atomic mass is 35.5. The molecule has 5 nitrogen and oxygen atoms in total.